The molecule has 1 fully saturated rings. The monoisotopic (exact) mass is 289 g/mol. The molecule has 2 heteroatoms. The van der Waals surface area contributed by atoms with Crippen LogP contribution in [0.5, 0.6) is 0 Å². The van der Waals surface area contributed by atoms with E-state index in [1.807, 2.05) is 6.07 Å². The van der Waals surface area contributed by atoms with Crippen LogP contribution < -0.4 is 0 Å². The van der Waals surface area contributed by atoms with Gasteiger partial charge in [0.25, 0.3) is 0 Å². The molecule has 0 amide bonds. The molecule has 1 nitrogen and oxygen atoms in total. The van der Waals surface area contributed by atoms with Crippen LogP contribution in [0, 0.1) is 17.7 Å². The number of halogens is 1. The molecule has 2 aliphatic rings. The molecule has 0 aromatic heterocycles. The second-order valence-corrected chi connectivity index (χ2v) is 7.75. The van der Waals surface area contributed by atoms with Crippen molar-refractivity contribution >= 4 is 0 Å². The summed E-state index contributed by atoms with van der Waals surface area (Å²) >= 11 is 0. The van der Waals surface area contributed by atoms with Crippen LogP contribution >= 0.6 is 0 Å². The van der Waals surface area contributed by atoms with Gasteiger partial charge in [-0.15, -0.1) is 0 Å². The van der Waals surface area contributed by atoms with Crippen molar-refractivity contribution in [2.45, 2.75) is 58.4 Å². The standard InChI is InChI=1S/C19H28FN/c1-13(2)7-9-21-10-8-19(4)14(3)18(21)11-15-5-6-16(20)12-17(15)19/h5-6,12-14,18H,7-11H2,1-4H3/t14-,18+,19+/m0/s1. The molecule has 21 heavy (non-hydrogen) atoms. The van der Waals surface area contributed by atoms with Crippen LogP contribution in [0.4, 0.5) is 4.39 Å². The Balaban J connectivity index is 1.90. The lowest BCUT2D eigenvalue weighted by Gasteiger charge is -2.54. The van der Waals surface area contributed by atoms with Gasteiger partial charge >= 0.3 is 0 Å². The summed E-state index contributed by atoms with van der Waals surface area (Å²) in [5, 5.41) is 0. The first-order chi connectivity index (χ1) is 9.91. The average Bonchev–Trinajstić information content (AvgIpc) is 2.43. The Labute approximate surface area is 128 Å². The molecule has 0 unspecified atom stereocenters. The van der Waals surface area contributed by atoms with Crippen molar-refractivity contribution in [1.29, 1.82) is 0 Å². The van der Waals surface area contributed by atoms with Crippen molar-refractivity contribution in [3.8, 4) is 0 Å². The van der Waals surface area contributed by atoms with E-state index in [2.05, 4.69) is 32.6 Å². The number of likely N-dealkylation sites (tertiary alicyclic amines) is 1. The summed E-state index contributed by atoms with van der Waals surface area (Å²) in [6.07, 6.45) is 3.51. The number of piperidine rings is 1. The van der Waals surface area contributed by atoms with Gasteiger partial charge < -0.3 is 0 Å². The number of hydrogen-bond donors (Lipinski definition) is 0. The van der Waals surface area contributed by atoms with Crippen molar-refractivity contribution in [2.75, 3.05) is 13.1 Å². The molecule has 1 saturated heterocycles. The number of benzene rings is 1. The molecular weight excluding hydrogens is 261 g/mol. The summed E-state index contributed by atoms with van der Waals surface area (Å²) in [6, 6.07) is 6.08. The Morgan fingerprint density at radius 1 is 1.38 bits per heavy atom. The number of nitrogens with zero attached hydrogens (tertiary/aromatic N) is 1. The quantitative estimate of drug-likeness (QED) is 0.797. The van der Waals surface area contributed by atoms with E-state index >= 15 is 0 Å². The van der Waals surface area contributed by atoms with Crippen LogP contribution in [0.3, 0.4) is 0 Å². The van der Waals surface area contributed by atoms with Gasteiger partial charge in [0.05, 0.1) is 0 Å². The van der Waals surface area contributed by atoms with Gasteiger partial charge in [0, 0.05) is 6.04 Å². The molecule has 1 heterocycles. The maximum Gasteiger partial charge on any atom is 0.123 e. The zero-order chi connectivity index (χ0) is 15.2. The highest BCUT2D eigenvalue weighted by molar-refractivity contribution is 5.40. The van der Waals surface area contributed by atoms with Crippen molar-refractivity contribution in [3.05, 3.63) is 35.1 Å². The molecule has 3 rings (SSSR count). The van der Waals surface area contributed by atoms with Crippen LogP contribution in [-0.4, -0.2) is 24.0 Å². The second-order valence-electron chi connectivity index (χ2n) is 7.75. The Bertz CT molecular complexity index is 524. The first-order valence-corrected chi connectivity index (χ1v) is 8.45. The highest BCUT2D eigenvalue weighted by Crippen LogP contribution is 2.48. The van der Waals surface area contributed by atoms with Crippen molar-refractivity contribution < 1.29 is 4.39 Å². The molecule has 0 radical (unpaired) electrons. The molecule has 3 atom stereocenters. The lowest BCUT2D eigenvalue weighted by Crippen LogP contribution is -2.58. The molecule has 1 aromatic carbocycles. The first-order valence-electron chi connectivity index (χ1n) is 8.45. The van der Waals surface area contributed by atoms with E-state index in [1.165, 1.54) is 24.1 Å². The van der Waals surface area contributed by atoms with E-state index in [1.54, 1.807) is 12.1 Å². The van der Waals surface area contributed by atoms with Crippen molar-refractivity contribution in [1.82, 2.24) is 4.90 Å². The van der Waals surface area contributed by atoms with Gasteiger partial charge in [0.2, 0.25) is 0 Å². The van der Waals surface area contributed by atoms with E-state index in [0.717, 1.165) is 25.3 Å². The Morgan fingerprint density at radius 3 is 2.86 bits per heavy atom. The topological polar surface area (TPSA) is 3.24 Å². The fourth-order valence-electron chi connectivity index (χ4n) is 4.38. The van der Waals surface area contributed by atoms with Gasteiger partial charge in [0.1, 0.15) is 5.82 Å². The second kappa shape index (κ2) is 5.39. The van der Waals surface area contributed by atoms with Gasteiger partial charge in [0.15, 0.2) is 0 Å². The van der Waals surface area contributed by atoms with E-state index in [0.29, 0.717) is 12.0 Å². The van der Waals surface area contributed by atoms with Gasteiger partial charge in [-0.2, -0.15) is 0 Å². The van der Waals surface area contributed by atoms with E-state index < -0.39 is 0 Å². The van der Waals surface area contributed by atoms with E-state index in [9.17, 15) is 4.39 Å². The lowest BCUT2D eigenvalue weighted by molar-refractivity contribution is 0.0285. The lowest BCUT2D eigenvalue weighted by atomic mass is 9.59. The van der Waals surface area contributed by atoms with Crippen LogP contribution in [0.1, 0.15) is 51.7 Å². The minimum absolute atomic E-state index is 0.0807. The van der Waals surface area contributed by atoms with Gasteiger partial charge in [-0.05, 0) is 72.9 Å². The summed E-state index contributed by atoms with van der Waals surface area (Å²) in [4.78, 5) is 2.69. The minimum atomic E-state index is -0.0807. The zero-order valence-electron chi connectivity index (χ0n) is 13.8. The third-order valence-electron chi connectivity index (χ3n) is 6.08. The smallest absolute Gasteiger partial charge is 0.123 e. The van der Waals surface area contributed by atoms with Crippen molar-refractivity contribution in [3.63, 3.8) is 0 Å². The molecular formula is C19H28FN. The summed E-state index contributed by atoms with van der Waals surface area (Å²) in [5.41, 5.74) is 2.79. The maximum absolute atomic E-state index is 13.7. The Kier molecular flexibility index (Phi) is 3.85. The predicted octanol–water partition coefficient (Wildman–Crippen LogP) is 4.40. The molecule has 2 bridgehead atoms. The van der Waals surface area contributed by atoms with E-state index in [-0.39, 0.29) is 11.2 Å². The maximum atomic E-state index is 13.7. The normalized spacial score (nSPS) is 32.3. The zero-order valence-corrected chi connectivity index (χ0v) is 13.8. The third kappa shape index (κ3) is 2.52. The Hall–Kier alpha value is -0.890. The third-order valence-corrected chi connectivity index (χ3v) is 6.08. The van der Waals surface area contributed by atoms with Gasteiger partial charge in [-0.1, -0.05) is 33.8 Å². The molecule has 116 valence electrons. The van der Waals surface area contributed by atoms with Crippen LogP contribution in [0.25, 0.3) is 0 Å². The van der Waals surface area contributed by atoms with Crippen LogP contribution in [0.15, 0.2) is 18.2 Å². The van der Waals surface area contributed by atoms with Gasteiger partial charge in [-0.25, -0.2) is 4.39 Å². The number of rotatable bonds is 3. The molecule has 1 aromatic rings. The predicted molar refractivity (Wildman–Crippen MR) is 86.1 cm³/mol. The highest BCUT2D eigenvalue weighted by atomic mass is 19.1. The van der Waals surface area contributed by atoms with Gasteiger partial charge in [-0.3, -0.25) is 4.90 Å². The summed E-state index contributed by atoms with van der Waals surface area (Å²) in [6.45, 7) is 11.7. The largest absolute Gasteiger partial charge is 0.300 e. The molecule has 0 N–H and O–H groups in total. The van der Waals surface area contributed by atoms with Crippen molar-refractivity contribution in [2.24, 2.45) is 11.8 Å². The van der Waals surface area contributed by atoms with Crippen LogP contribution in [0.2, 0.25) is 0 Å². The molecule has 0 saturated carbocycles. The average molecular weight is 289 g/mol. The Morgan fingerprint density at radius 2 is 2.14 bits per heavy atom. The number of fused-ring (bicyclic) bond motifs is 4. The number of hydrogen-bond acceptors (Lipinski definition) is 1. The molecule has 1 aliphatic carbocycles. The van der Waals surface area contributed by atoms with Crippen LogP contribution in [-0.2, 0) is 11.8 Å². The summed E-state index contributed by atoms with van der Waals surface area (Å²) in [5.74, 6) is 1.29. The SMILES string of the molecule is CC(C)CCN1CC[C@@]2(C)c3cc(F)ccc3C[C@@H]1[C@@H]2C. The van der Waals surface area contributed by atoms with E-state index in [4.69, 9.17) is 0 Å². The molecule has 0 spiro atoms. The first kappa shape index (κ1) is 15.0. The highest BCUT2D eigenvalue weighted by Gasteiger charge is 2.48. The summed E-state index contributed by atoms with van der Waals surface area (Å²) in [7, 11) is 0. The fourth-order valence-corrected chi connectivity index (χ4v) is 4.38. The fraction of sp³-hybridized carbons (Fsp3) is 0.684. The molecule has 1 aliphatic heterocycles. The summed E-state index contributed by atoms with van der Waals surface area (Å²) < 4.78 is 13.7. The minimum Gasteiger partial charge on any atom is -0.300 e.